The van der Waals surface area contributed by atoms with E-state index in [0.717, 1.165) is 6.07 Å². The molecule has 1 rings (SSSR count). The van der Waals surface area contributed by atoms with Crippen LogP contribution in [0.4, 0.5) is 8.78 Å². The Morgan fingerprint density at radius 3 is 2.67 bits per heavy atom. The SMILES string of the molecule is NC(Cc1cc(F)cc(F)c1Br)C(=O)O. The monoisotopic (exact) mass is 279 g/mol. The van der Waals surface area contributed by atoms with Gasteiger partial charge in [0.2, 0.25) is 0 Å². The summed E-state index contributed by atoms with van der Waals surface area (Å²) in [5, 5.41) is 8.55. The van der Waals surface area contributed by atoms with Gasteiger partial charge >= 0.3 is 5.97 Å². The molecule has 0 aromatic heterocycles. The topological polar surface area (TPSA) is 63.3 Å². The summed E-state index contributed by atoms with van der Waals surface area (Å²) in [6, 6.07) is 0.582. The van der Waals surface area contributed by atoms with E-state index in [-0.39, 0.29) is 16.5 Å². The largest absolute Gasteiger partial charge is 0.480 e. The van der Waals surface area contributed by atoms with Crippen molar-refractivity contribution in [2.24, 2.45) is 5.73 Å². The minimum Gasteiger partial charge on any atom is -0.480 e. The number of carbonyl (C=O) groups is 1. The molecule has 1 unspecified atom stereocenters. The molecule has 0 aliphatic heterocycles. The first-order chi connectivity index (χ1) is 6.91. The number of halogens is 3. The highest BCUT2D eigenvalue weighted by atomic mass is 79.9. The van der Waals surface area contributed by atoms with Crippen LogP contribution in [-0.2, 0) is 11.2 Å². The molecule has 0 amide bonds. The fourth-order valence-electron chi connectivity index (χ4n) is 1.08. The quantitative estimate of drug-likeness (QED) is 0.828. The maximum Gasteiger partial charge on any atom is 0.320 e. The van der Waals surface area contributed by atoms with Crippen LogP contribution in [0, 0.1) is 11.6 Å². The van der Waals surface area contributed by atoms with Gasteiger partial charge in [-0.25, -0.2) is 8.78 Å². The van der Waals surface area contributed by atoms with E-state index in [2.05, 4.69) is 15.9 Å². The van der Waals surface area contributed by atoms with Crippen molar-refractivity contribution in [3.63, 3.8) is 0 Å². The molecular weight excluding hydrogens is 272 g/mol. The molecule has 1 aromatic carbocycles. The van der Waals surface area contributed by atoms with Gasteiger partial charge in [0.25, 0.3) is 0 Å². The number of hydrogen-bond acceptors (Lipinski definition) is 2. The van der Waals surface area contributed by atoms with Crippen LogP contribution in [0.1, 0.15) is 5.56 Å². The molecule has 0 saturated heterocycles. The van der Waals surface area contributed by atoms with Crippen LogP contribution in [0.15, 0.2) is 16.6 Å². The zero-order chi connectivity index (χ0) is 11.6. The smallest absolute Gasteiger partial charge is 0.320 e. The number of rotatable bonds is 3. The van der Waals surface area contributed by atoms with Gasteiger partial charge in [0.1, 0.15) is 17.7 Å². The predicted octanol–water partition coefficient (Wildman–Crippen LogP) is 1.68. The number of benzene rings is 1. The zero-order valence-corrected chi connectivity index (χ0v) is 9.09. The molecular formula is C9H8BrF2NO2. The molecule has 0 heterocycles. The Morgan fingerprint density at radius 2 is 2.13 bits per heavy atom. The molecule has 0 spiro atoms. The predicted molar refractivity (Wildman–Crippen MR) is 53.4 cm³/mol. The molecule has 0 bridgehead atoms. The molecule has 0 aliphatic rings. The number of nitrogens with two attached hydrogens (primary N) is 1. The normalized spacial score (nSPS) is 12.5. The van der Waals surface area contributed by atoms with Crippen LogP contribution in [0.2, 0.25) is 0 Å². The van der Waals surface area contributed by atoms with Gasteiger partial charge in [-0.1, -0.05) is 0 Å². The Kier molecular flexibility index (Phi) is 3.76. The summed E-state index contributed by atoms with van der Waals surface area (Å²) in [7, 11) is 0. The Bertz CT molecular complexity index is 398. The van der Waals surface area contributed by atoms with Crippen molar-refractivity contribution in [3.05, 3.63) is 33.8 Å². The highest BCUT2D eigenvalue weighted by Crippen LogP contribution is 2.23. The molecule has 0 saturated carbocycles. The standard InChI is InChI=1S/C9H8BrF2NO2/c10-8-4(2-7(13)9(14)15)1-5(11)3-6(8)12/h1,3,7H,2,13H2,(H,14,15). The number of aliphatic carboxylic acids is 1. The van der Waals surface area contributed by atoms with E-state index >= 15 is 0 Å². The zero-order valence-electron chi connectivity index (χ0n) is 7.51. The van der Waals surface area contributed by atoms with Crippen molar-refractivity contribution in [1.82, 2.24) is 0 Å². The molecule has 0 radical (unpaired) electrons. The van der Waals surface area contributed by atoms with Crippen molar-refractivity contribution in [2.45, 2.75) is 12.5 Å². The van der Waals surface area contributed by atoms with Crippen LogP contribution in [0.3, 0.4) is 0 Å². The van der Waals surface area contributed by atoms with Crippen molar-refractivity contribution in [1.29, 1.82) is 0 Å². The Balaban J connectivity index is 2.99. The van der Waals surface area contributed by atoms with Gasteiger partial charge in [0.05, 0.1) is 4.47 Å². The summed E-state index contributed by atoms with van der Waals surface area (Å²) in [4.78, 5) is 10.5. The highest BCUT2D eigenvalue weighted by molar-refractivity contribution is 9.10. The lowest BCUT2D eigenvalue weighted by Gasteiger charge is -2.09. The van der Waals surface area contributed by atoms with Crippen LogP contribution in [0.25, 0.3) is 0 Å². The summed E-state index contributed by atoms with van der Waals surface area (Å²) in [6.45, 7) is 0. The maximum atomic E-state index is 13.0. The lowest BCUT2D eigenvalue weighted by Crippen LogP contribution is -2.32. The summed E-state index contributed by atoms with van der Waals surface area (Å²) in [5.41, 5.74) is 5.45. The van der Waals surface area contributed by atoms with Gasteiger partial charge in [-0.2, -0.15) is 0 Å². The third kappa shape index (κ3) is 2.97. The number of carboxylic acids is 1. The van der Waals surface area contributed by atoms with E-state index in [9.17, 15) is 13.6 Å². The van der Waals surface area contributed by atoms with Crippen LogP contribution in [0.5, 0.6) is 0 Å². The fourth-order valence-corrected chi connectivity index (χ4v) is 1.47. The van der Waals surface area contributed by atoms with E-state index in [1.54, 1.807) is 0 Å². The second-order valence-corrected chi connectivity index (χ2v) is 3.80. The second-order valence-electron chi connectivity index (χ2n) is 3.01. The minimum absolute atomic E-state index is 0.0422. The van der Waals surface area contributed by atoms with Crippen LogP contribution >= 0.6 is 15.9 Å². The Labute approximate surface area is 93.0 Å². The Morgan fingerprint density at radius 1 is 1.53 bits per heavy atom. The molecule has 6 heteroatoms. The second kappa shape index (κ2) is 4.67. The van der Waals surface area contributed by atoms with Crippen molar-refractivity contribution >= 4 is 21.9 Å². The van der Waals surface area contributed by atoms with Gasteiger partial charge < -0.3 is 10.8 Å². The van der Waals surface area contributed by atoms with Crippen LogP contribution < -0.4 is 5.73 Å². The van der Waals surface area contributed by atoms with Gasteiger partial charge in [0.15, 0.2) is 0 Å². The summed E-state index contributed by atoms with van der Waals surface area (Å²) >= 11 is 2.90. The summed E-state index contributed by atoms with van der Waals surface area (Å²) in [5.74, 6) is -2.75. The summed E-state index contributed by atoms with van der Waals surface area (Å²) < 4.78 is 25.9. The first kappa shape index (κ1) is 12.1. The minimum atomic E-state index is -1.22. The maximum absolute atomic E-state index is 13.0. The number of hydrogen-bond donors (Lipinski definition) is 2. The average molecular weight is 280 g/mol. The van der Waals surface area contributed by atoms with Gasteiger partial charge in [-0.3, -0.25) is 4.79 Å². The van der Waals surface area contributed by atoms with Gasteiger partial charge in [-0.15, -0.1) is 0 Å². The van der Waals surface area contributed by atoms with Crippen molar-refractivity contribution in [2.75, 3.05) is 0 Å². The third-order valence-corrected chi connectivity index (χ3v) is 2.71. The molecule has 15 heavy (non-hydrogen) atoms. The summed E-state index contributed by atoms with van der Waals surface area (Å²) in [6.07, 6.45) is -0.134. The molecule has 1 aromatic rings. The first-order valence-corrected chi connectivity index (χ1v) is 4.83. The van der Waals surface area contributed by atoms with Gasteiger partial charge in [-0.05, 0) is 34.0 Å². The first-order valence-electron chi connectivity index (χ1n) is 4.03. The lowest BCUT2D eigenvalue weighted by molar-refractivity contribution is -0.138. The van der Waals surface area contributed by atoms with Crippen molar-refractivity contribution in [3.8, 4) is 0 Å². The number of carboxylic acid groups (broad SMARTS) is 1. The van der Waals surface area contributed by atoms with E-state index in [4.69, 9.17) is 10.8 Å². The van der Waals surface area contributed by atoms with E-state index in [0.29, 0.717) is 6.07 Å². The molecule has 82 valence electrons. The lowest BCUT2D eigenvalue weighted by atomic mass is 10.1. The third-order valence-electron chi connectivity index (χ3n) is 1.83. The molecule has 3 N–H and O–H groups in total. The molecule has 1 atom stereocenters. The molecule has 0 fully saturated rings. The van der Waals surface area contributed by atoms with Crippen molar-refractivity contribution < 1.29 is 18.7 Å². The van der Waals surface area contributed by atoms with Crippen LogP contribution in [-0.4, -0.2) is 17.1 Å². The molecule has 3 nitrogen and oxygen atoms in total. The fraction of sp³-hybridized carbons (Fsp3) is 0.222. The van der Waals surface area contributed by atoms with E-state index in [1.165, 1.54) is 0 Å². The van der Waals surface area contributed by atoms with E-state index in [1.807, 2.05) is 0 Å². The molecule has 0 aliphatic carbocycles. The van der Waals surface area contributed by atoms with E-state index < -0.39 is 23.6 Å². The Hall–Kier alpha value is -1.01. The highest BCUT2D eigenvalue weighted by Gasteiger charge is 2.16. The average Bonchev–Trinajstić information content (AvgIpc) is 2.13. The van der Waals surface area contributed by atoms with Gasteiger partial charge in [0, 0.05) is 6.07 Å².